The number of rotatable bonds is 14. The number of nitrogens with two attached hydrogens (primary N) is 1. The van der Waals surface area contributed by atoms with E-state index in [4.69, 9.17) is 5.73 Å². The summed E-state index contributed by atoms with van der Waals surface area (Å²) in [5.74, 6) is -5.60. The lowest BCUT2D eigenvalue weighted by Gasteiger charge is -2.26. The molecule has 0 spiro atoms. The Hall–Kier alpha value is -4.45. The molecule has 2 rings (SSSR count). The van der Waals surface area contributed by atoms with Crippen LogP contribution in [-0.4, -0.2) is 69.1 Å². The van der Waals surface area contributed by atoms with Gasteiger partial charge in [-0.25, -0.2) is 4.79 Å². The Kier molecular flexibility index (Phi) is 11.4. The molecule has 0 heterocycles. The van der Waals surface area contributed by atoms with Crippen LogP contribution in [0.25, 0.3) is 0 Å². The van der Waals surface area contributed by atoms with Crippen molar-refractivity contribution in [2.75, 3.05) is 0 Å². The largest absolute Gasteiger partial charge is 0.508 e. The summed E-state index contributed by atoms with van der Waals surface area (Å²) in [6.45, 7) is 3.28. The second-order valence-corrected chi connectivity index (χ2v) is 9.46. The Bertz CT molecular complexity index is 1150. The molecule has 0 saturated carbocycles. The molecule has 0 saturated heterocycles. The maximum atomic E-state index is 13.1. The molecule has 0 aliphatic heterocycles. The van der Waals surface area contributed by atoms with E-state index >= 15 is 0 Å². The van der Waals surface area contributed by atoms with Gasteiger partial charge in [0, 0.05) is 6.42 Å². The van der Waals surface area contributed by atoms with Gasteiger partial charge in [0.25, 0.3) is 0 Å². The molecule has 3 amide bonds. The van der Waals surface area contributed by atoms with Gasteiger partial charge in [0.15, 0.2) is 0 Å². The van der Waals surface area contributed by atoms with Crippen LogP contribution in [0.4, 0.5) is 0 Å². The number of carboxylic acids is 2. The van der Waals surface area contributed by atoms with Gasteiger partial charge in [-0.3, -0.25) is 19.2 Å². The molecule has 0 aromatic heterocycles. The molecule has 210 valence electrons. The Morgan fingerprint density at radius 1 is 0.744 bits per heavy atom. The van der Waals surface area contributed by atoms with Crippen LogP contribution >= 0.6 is 0 Å². The van der Waals surface area contributed by atoms with Crippen molar-refractivity contribution in [3.05, 3.63) is 65.7 Å². The Morgan fingerprint density at radius 2 is 1.31 bits per heavy atom. The van der Waals surface area contributed by atoms with Crippen molar-refractivity contribution in [3.8, 4) is 5.75 Å². The minimum atomic E-state index is -1.60. The van der Waals surface area contributed by atoms with E-state index in [1.165, 1.54) is 12.1 Å². The second kappa shape index (κ2) is 14.5. The highest BCUT2D eigenvalue weighted by molar-refractivity contribution is 5.95. The molecule has 0 aliphatic rings. The summed E-state index contributed by atoms with van der Waals surface area (Å²) in [5, 5.41) is 35.4. The van der Waals surface area contributed by atoms with Crippen molar-refractivity contribution in [1.82, 2.24) is 16.0 Å². The predicted molar refractivity (Wildman–Crippen MR) is 140 cm³/mol. The average molecular weight is 543 g/mol. The number of benzene rings is 2. The lowest BCUT2D eigenvalue weighted by Crippen LogP contribution is -2.59. The number of nitrogens with one attached hydrogen (secondary N) is 3. The van der Waals surface area contributed by atoms with Crippen molar-refractivity contribution < 1.29 is 39.3 Å². The molecule has 12 heteroatoms. The average Bonchev–Trinajstić information content (AvgIpc) is 2.87. The number of hydrogen-bond acceptors (Lipinski definition) is 7. The lowest BCUT2D eigenvalue weighted by molar-refractivity contribution is -0.143. The van der Waals surface area contributed by atoms with Crippen molar-refractivity contribution in [3.63, 3.8) is 0 Å². The number of phenols is 1. The molecule has 0 bridgehead atoms. The SMILES string of the molecule is CC(C)C(NC(=O)C(N)Cc1ccc(O)cc1)C(=O)NC(CC(=O)O)C(=O)NC(Cc1ccccc1)C(=O)O. The summed E-state index contributed by atoms with van der Waals surface area (Å²) in [5.41, 5.74) is 7.31. The number of hydrogen-bond donors (Lipinski definition) is 7. The molecule has 0 radical (unpaired) electrons. The van der Waals surface area contributed by atoms with E-state index < -0.39 is 66.2 Å². The van der Waals surface area contributed by atoms with E-state index in [2.05, 4.69) is 16.0 Å². The zero-order valence-corrected chi connectivity index (χ0v) is 21.7. The quantitative estimate of drug-likeness (QED) is 0.173. The highest BCUT2D eigenvalue weighted by Crippen LogP contribution is 2.12. The van der Waals surface area contributed by atoms with Gasteiger partial charge in [0.05, 0.1) is 12.5 Å². The van der Waals surface area contributed by atoms with Gasteiger partial charge in [-0.15, -0.1) is 0 Å². The number of carbonyl (C=O) groups is 5. The third-order valence-corrected chi connectivity index (χ3v) is 5.88. The number of phenolic OH excluding ortho intramolecular Hbond substituents is 1. The van der Waals surface area contributed by atoms with E-state index in [-0.39, 0.29) is 18.6 Å². The molecule has 0 aliphatic carbocycles. The standard InChI is InChI=1S/C27H34N4O8/c1-15(2)23(31-24(35)19(28)12-17-8-10-18(32)11-9-17)26(37)29-20(14-22(33)34)25(36)30-21(27(38)39)13-16-6-4-3-5-7-16/h3-11,15,19-21,23,32H,12-14,28H2,1-2H3,(H,29,37)(H,30,36)(H,31,35)(H,33,34)(H,38,39). The number of carboxylic acid groups (broad SMARTS) is 2. The molecule has 0 fully saturated rings. The van der Waals surface area contributed by atoms with E-state index in [9.17, 15) is 39.3 Å². The van der Waals surface area contributed by atoms with Gasteiger partial charge in [-0.2, -0.15) is 0 Å². The third kappa shape index (κ3) is 10.1. The van der Waals surface area contributed by atoms with E-state index in [0.717, 1.165) is 0 Å². The zero-order chi connectivity index (χ0) is 29.1. The molecule has 2 aromatic carbocycles. The maximum absolute atomic E-state index is 13.1. The third-order valence-electron chi connectivity index (χ3n) is 5.88. The van der Waals surface area contributed by atoms with Gasteiger partial charge in [-0.05, 0) is 35.6 Å². The fourth-order valence-corrected chi connectivity index (χ4v) is 3.74. The molecule has 4 unspecified atom stereocenters. The van der Waals surface area contributed by atoms with Crippen LogP contribution in [0.3, 0.4) is 0 Å². The van der Waals surface area contributed by atoms with Crippen molar-refractivity contribution in [2.24, 2.45) is 11.7 Å². The van der Waals surface area contributed by atoms with Crippen molar-refractivity contribution in [2.45, 2.75) is 57.3 Å². The van der Waals surface area contributed by atoms with Gasteiger partial charge in [0.2, 0.25) is 17.7 Å². The molecule has 39 heavy (non-hydrogen) atoms. The van der Waals surface area contributed by atoms with Crippen LogP contribution < -0.4 is 21.7 Å². The van der Waals surface area contributed by atoms with Gasteiger partial charge >= 0.3 is 11.9 Å². The van der Waals surface area contributed by atoms with E-state index in [1.807, 2.05) is 0 Å². The van der Waals surface area contributed by atoms with E-state index in [1.54, 1.807) is 56.3 Å². The fraction of sp³-hybridized carbons (Fsp3) is 0.370. The summed E-state index contributed by atoms with van der Waals surface area (Å²) >= 11 is 0. The minimum Gasteiger partial charge on any atom is -0.508 e. The number of carbonyl (C=O) groups excluding carboxylic acids is 3. The number of aliphatic carboxylic acids is 2. The summed E-state index contributed by atoms with van der Waals surface area (Å²) in [4.78, 5) is 61.8. The number of amides is 3. The van der Waals surface area contributed by atoms with Gasteiger partial charge < -0.3 is 37.0 Å². The Balaban J connectivity index is 2.10. The Morgan fingerprint density at radius 3 is 1.85 bits per heavy atom. The highest BCUT2D eigenvalue weighted by atomic mass is 16.4. The van der Waals surface area contributed by atoms with Crippen molar-refractivity contribution >= 4 is 29.7 Å². The van der Waals surface area contributed by atoms with E-state index in [0.29, 0.717) is 11.1 Å². The van der Waals surface area contributed by atoms with Crippen LogP contribution in [0.1, 0.15) is 31.4 Å². The van der Waals surface area contributed by atoms with Gasteiger partial charge in [0.1, 0.15) is 23.9 Å². The predicted octanol–water partition coefficient (Wildman–Crippen LogP) is 0.174. The first-order chi connectivity index (χ1) is 18.4. The fourth-order valence-electron chi connectivity index (χ4n) is 3.74. The maximum Gasteiger partial charge on any atom is 0.326 e. The van der Waals surface area contributed by atoms with Crippen LogP contribution in [0.15, 0.2) is 54.6 Å². The molecular weight excluding hydrogens is 508 g/mol. The summed E-state index contributed by atoms with van der Waals surface area (Å²) in [6, 6.07) is 9.48. The Labute approximate surface area is 225 Å². The molecule has 4 atom stereocenters. The first-order valence-corrected chi connectivity index (χ1v) is 12.3. The topological polar surface area (TPSA) is 208 Å². The normalized spacial score (nSPS) is 13.9. The molecule has 12 nitrogen and oxygen atoms in total. The highest BCUT2D eigenvalue weighted by Gasteiger charge is 2.33. The monoisotopic (exact) mass is 542 g/mol. The van der Waals surface area contributed by atoms with Crippen LogP contribution in [-0.2, 0) is 36.8 Å². The molecule has 8 N–H and O–H groups in total. The molecule has 2 aromatic rings. The zero-order valence-electron chi connectivity index (χ0n) is 21.7. The van der Waals surface area contributed by atoms with Crippen LogP contribution in [0.5, 0.6) is 5.75 Å². The first kappa shape index (κ1) is 30.8. The second-order valence-electron chi connectivity index (χ2n) is 9.46. The summed E-state index contributed by atoms with van der Waals surface area (Å²) < 4.78 is 0. The smallest absolute Gasteiger partial charge is 0.326 e. The lowest BCUT2D eigenvalue weighted by atomic mass is 10.0. The van der Waals surface area contributed by atoms with Gasteiger partial charge in [-0.1, -0.05) is 56.3 Å². The minimum absolute atomic E-state index is 0.0563. The number of aromatic hydroxyl groups is 1. The van der Waals surface area contributed by atoms with Crippen LogP contribution in [0, 0.1) is 5.92 Å². The first-order valence-electron chi connectivity index (χ1n) is 12.3. The van der Waals surface area contributed by atoms with Crippen molar-refractivity contribution in [1.29, 1.82) is 0 Å². The molecular formula is C27H34N4O8. The summed E-state index contributed by atoms with van der Waals surface area (Å²) in [7, 11) is 0. The summed E-state index contributed by atoms with van der Waals surface area (Å²) in [6.07, 6.45) is -0.742. The van der Waals surface area contributed by atoms with Crippen LogP contribution in [0.2, 0.25) is 0 Å².